The van der Waals surface area contributed by atoms with Crippen molar-refractivity contribution in [2.24, 2.45) is 11.8 Å². The van der Waals surface area contributed by atoms with Crippen LogP contribution >= 0.6 is 0 Å². The van der Waals surface area contributed by atoms with Gasteiger partial charge in [0.15, 0.2) is 0 Å². The van der Waals surface area contributed by atoms with Crippen LogP contribution < -0.4 is 15.5 Å². The van der Waals surface area contributed by atoms with E-state index in [2.05, 4.69) is 32.4 Å². The number of aromatic nitrogens is 2. The molecule has 3 heterocycles. The summed E-state index contributed by atoms with van der Waals surface area (Å²) in [5.74, 6) is 1.56. The zero-order valence-electron chi connectivity index (χ0n) is 12.5. The Bertz CT molecular complexity index is 472. The van der Waals surface area contributed by atoms with Crippen molar-refractivity contribution >= 4 is 11.9 Å². The van der Waals surface area contributed by atoms with Gasteiger partial charge in [-0.25, -0.2) is 9.97 Å². The van der Waals surface area contributed by atoms with E-state index in [9.17, 15) is 4.79 Å². The normalized spacial score (nSPS) is 26.8. The number of hydrogen-bond acceptors (Lipinski definition) is 5. The second-order valence-electron chi connectivity index (χ2n) is 6.06. The molecule has 0 saturated carbocycles. The van der Waals surface area contributed by atoms with Crippen molar-refractivity contribution < 1.29 is 4.79 Å². The molecule has 2 saturated heterocycles. The van der Waals surface area contributed by atoms with E-state index in [4.69, 9.17) is 0 Å². The largest absolute Gasteiger partial charge is 0.353 e. The lowest BCUT2D eigenvalue weighted by atomic mass is 9.96. The fourth-order valence-corrected chi connectivity index (χ4v) is 3.15. The zero-order valence-corrected chi connectivity index (χ0v) is 12.5. The molecule has 2 fully saturated rings. The molecule has 3 rings (SSSR count). The molecule has 0 aliphatic carbocycles. The van der Waals surface area contributed by atoms with Gasteiger partial charge in [0, 0.05) is 38.1 Å². The molecule has 0 radical (unpaired) electrons. The molecule has 21 heavy (non-hydrogen) atoms. The second kappa shape index (κ2) is 6.39. The number of amides is 1. The summed E-state index contributed by atoms with van der Waals surface area (Å²) in [6.07, 6.45) is 5.45. The van der Waals surface area contributed by atoms with Crippen molar-refractivity contribution in [3.8, 4) is 0 Å². The number of carbonyl (C=O) groups excluding carboxylic acids is 1. The summed E-state index contributed by atoms with van der Waals surface area (Å²) < 4.78 is 0. The lowest BCUT2D eigenvalue weighted by Gasteiger charge is -2.33. The molecule has 0 spiro atoms. The van der Waals surface area contributed by atoms with Crippen LogP contribution in [0.1, 0.15) is 19.8 Å². The number of nitrogens with one attached hydrogen (secondary N) is 2. The Labute approximate surface area is 125 Å². The number of hydrogen-bond donors (Lipinski definition) is 2. The van der Waals surface area contributed by atoms with Crippen molar-refractivity contribution in [3.63, 3.8) is 0 Å². The molecule has 0 aromatic carbocycles. The van der Waals surface area contributed by atoms with Gasteiger partial charge in [0.05, 0.1) is 5.92 Å². The topological polar surface area (TPSA) is 70.2 Å². The molecule has 2 aliphatic rings. The van der Waals surface area contributed by atoms with Crippen LogP contribution in [0.25, 0.3) is 0 Å². The molecule has 1 aromatic rings. The van der Waals surface area contributed by atoms with Crippen LogP contribution in [0.5, 0.6) is 0 Å². The number of piperidine rings is 1. The van der Waals surface area contributed by atoms with Crippen LogP contribution in [0, 0.1) is 11.8 Å². The number of rotatable bonds is 3. The molecule has 6 nitrogen and oxygen atoms in total. The van der Waals surface area contributed by atoms with Gasteiger partial charge in [-0.2, -0.15) is 0 Å². The van der Waals surface area contributed by atoms with Gasteiger partial charge in [0.25, 0.3) is 0 Å². The Morgan fingerprint density at radius 1 is 1.29 bits per heavy atom. The lowest BCUT2D eigenvalue weighted by molar-refractivity contribution is -0.126. The molecule has 2 aliphatic heterocycles. The smallest absolute Gasteiger partial charge is 0.225 e. The molecule has 2 atom stereocenters. The Hall–Kier alpha value is -1.69. The highest BCUT2D eigenvalue weighted by atomic mass is 16.2. The highest BCUT2D eigenvalue weighted by molar-refractivity contribution is 5.79. The summed E-state index contributed by atoms with van der Waals surface area (Å²) in [5.41, 5.74) is 0. The first-order valence-electron chi connectivity index (χ1n) is 7.77. The predicted molar refractivity (Wildman–Crippen MR) is 80.9 cm³/mol. The molecule has 0 bridgehead atoms. The van der Waals surface area contributed by atoms with E-state index in [1.165, 1.54) is 0 Å². The van der Waals surface area contributed by atoms with E-state index < -0.39 is 0 Å². The average Bonchev–Trinajstić information content (AvgIpc) is 2.95. The van der Waals surface area contributed by atoms with Gasteiger partial charge in [-0.15, -0.1) is 0 Å². The van der Waals surface area contributed by atoms with Crippen LogP contribution in [-0.4, -0.2) is 48.1 Å². The fourth-order valence-electron chi connectivity index (χ4n) is 3.15. The summed E-state index contributed by atoms with van der Waals surface area (Å²) in [6.45, 7) is 5.69. The third kappa shape index (κ3) is 3.32. The Kier molecular flexibility index (Phi) is 4.34. The maximum atomic E-state index is 12.3. The molecule has 1 amide bonds. The quantitative estimate of drug-likeness (QED) is 0.844. The van der Waals surface area contributed by atoms with Crippen molar-refractivity contribution in [3.05, 3.63) is 18.5 Å². The number of anilines is 1. The molecule has 114 valence electrons. The first kappa shape index (κ1) is 14.3. The van der Waals surface area contributed by atoms with Gasteiger partial charge in [-0.1, -0.05) is 6.92 Å². The van der Waals surface area contributed by atoms with Crippen molar-refractivity contribution in [1.29, 1.82) is 0 Å². The SMILES string of the molecule is C[C@@H]1CNC[C@H]1C(=O)NC1CCN(c2ncccn2)CC1. The molecular formula is C15H23N5O. The summed E-state index contributed by atoms with van der Waals surface area (Å²) in [7, 11) is 0. The monoisotopic (exact) mass is 289 g/mol. The molecule has 1 aromatic heterocycles. The summed E-state index contributed by atoms with van der Waals surface area (Å²) >= 11 is 0. The Morgan fingerprint density at radius 3 is 2.62 bits per heavy atom. The van der Waals surface area contributed by atoms with E-state index in [0.717, 1.165) is 45.0 Å². The zero-order chi connectivity index (χ0) is 14.7. The van der Waals surface area contributed by atoms with E-state index in [1.54, 1.807) is 12.4 Å². The first-order valence-corrected chi connectivity index (χ1v) is 7.77. The minimum Gasteiger partial charge on any atom is -0.353 e. The fraction of sp³-hybridized carbons (Fsp3) is 0.667. The van der Waals surface area contributed by atoms with E-state index in [0.29, 0.717) is 5.92 Å². The third-order valence-electron chi connectivity index (χ3n) is 4.53. The van der Waals surface area contributed by atoms with E-state index in [-0.39, 0.29) is 17.9 Å². The second-order valence-corrected chi connectivity index (χ2v) is 6.06. The Balaban J connectivity index is 1.49. The number of nitrogens with zero attached hydrogens (tertiary/aromatic N) is 3. The van der Waals surface area contributed by atoms with Gasteiger partial charge in [0.1, 0.15) is 0 Å². The van der Waals surface area contributed by atoms with Gasteiger partial charge in [0.2, 0.25) is 11.9 Å². The van der Waals surface area contributed by atoms with Crippen LogP contribution in [0.4, 0.5) is 5.95 Å². The van der Waals surface area contributed by atoms with Crippen LogP contribution in [-0.2, 0) is 4.79 Å². The standard InChI is InChI=1S/C15H23N5O/c1-11-9-16-10-13(11)14(21)19-12-3-7-20(8-4-12)15-17-5-2-6-18-15/h2,5-6,11-13,16H,3-4,7-10H2,1H3,(H,19,21)/t11-,13-/m1/s1. The van der Waals surface area contributed by atoms with E-state index in [1.807, 2.05) is 6.07 Å². The highest BCUT2D eigenvalue weighted by Crippen LogP contribution is 2.19. The molecule has 6 heteroatoms. The molecule has 2 N–H and O–H groups in total. The number of carbonyl (C=O) groups is 1. The van der Waals surface area contributed by atoms with Crippen molar-refractivity contribution in [2.75, 3.05) is 31.1 Å². The van der Waals surface area contributed by atoms with Crippen LogP contribution in [0.3, 0.4) is 0 Å². The molecule has 0 unspecified atom stereocenters. The molecular weight excluding hydrogens is 266 g/mol. The average molecular weight is 289 g/mol. The predicted octanol–water partition coefficient (Wildman–Crippen LogP) is 0.417. The van der Waals surface area contributed by atoms with Crippen LogP contribution in [0.2, 0.25) is 0 Å². The maximum Gasteiger partial charge on any atom is 0.225 e. The summed E-state index contributed by atoms with van der Waals surface area (Å²) in [4.78, 5) is 23.0. The maximum absolute atomic E-state index is 12.3. The van der Waals surface area contributed by atoms with Gasteiger partial charge < -0.3 is 15.5 Å². The van der Waals surface area contributed by atoms with E-state index >= 15 is 0 Å². The minimum absolute atomic E-state index is 0.125. The van der Waals surface area contributed by atoms with Gasteiger partial charge >= 0.3 is 0 Å². The third-order valence-corrected chi connectivity index (χ3v) is 4.53. The first-order chi connectivity index (χ1) is 10.2. The summed E-state index contributed by atoms with van der Waals surface area (Å²) in [6, 6.07) is 2.11. The lowest BCUT2D eigenvalue weighted by Crippen LogP contribution is -2.47. The van der Waals surface area contributed by atoms with Gasteiger partial charge in [-0.05, 0) is 31.4 Å². The van der Waals surface area contributed by atoms with Gasteiger partial charge in [-0.3, -0.25) is 4.79 Å². The highest BCUT2D eigenvalue weighted by Gasteiger charge is 2.31. The van der Waals surface area contributed by atoms with Crippen molar-refractivity contribution in [1.82, 2.24) is 20.6 Å². The minimum atomic E-state index is 0.125. The van der Waals surface area contributed by atoms with Crippen molar-refractivity contribution in [2.45, 2.75) is 25.8 Å². The van der Waals surface area contributed by atoms with Crippen LogP contribution in [0.15, 0.2) is 18.5 Å². The Morgan fingerprint density at radius 2 is 2.00 bits per heavy atom. The summed E-state index contributed by atoms with van der Waals surface area (Å²) in [5, 5.41) is 6.50.